The van der Waals surface area contributed by atoms with Gasteiger partial charge in [0.05, 0.1) is 17.6 Å². The second kappa shape index (κ2) is 6.64. The van der Waals surface area contributed by atoms with E-state index in [9.17, 15) is 10.1 Å². The second-order valence-electron chi connectivity index (χ2n) is 4.49. The molecule has 0 bridgehead atoms. The van der Waals surface area contributed by atoms with E-state index in [-0.39, 0.29) is 17.3 Å². The normalized spacial score (nSPS) is 11.4. The third kappa shape index (κ3) is 3.77. The zero-order valence-electron chi connectivity index (χ0n) is 12.3. The van der Waals surface area contributed by atoms with Crippen LogP contribution < -0.4 is 0 Å². The summed E-state index contributed by atoms with van der Waals surface area (Å²) in [4.78, 5) is 22.2. The van der Waals surface area contributed by atoms with Crippen LogP contribution >= 0.6 is 0 Å². The molecule has 1 aromatic rings. The highest BCUT2D eigenvalue weighted by atomic mass is 16.6. The number of aromatic nitrogens is 2. The van der Waals surface area contributed by atoms with Gasteiger partial charge in [-0.3, -0.25) is 10.1 Å². The Labute approximate surface area is 117 Å². The summed E-state index contributed by atoms with van der Waals surface area (Å²) in [6, 6.07) is 0. The Kier molecular flexibility index (Phi) is 5.18. The highest BCUT2D eigenvalue weighted by Gasteiger charge is 2.27. The van der Waals surface area contributed by atoms with Gasteiger partial charge in [-0.25, -0.2) is 14.7 Å². The summed E-state index contributed by atoms with van der Waals surface area (Å²) in [5.74, 6) is 0.244. The summed E-state index contributed by atoms with van der Waals surface area (Å²) in [6.07, 6.45) is 2.96. The Hall–Kier alpha value is -2.45. The van der Waals surface area contributed by atoms with E-state index < -0.39 is 4.92 Å². The molecule has 0 amide bonds. The topological polar surface area (TPSA) is 92.2 Å². The number of aliphatic imine (C=N–C) groups is 2. The third-order valence-corrected chi connectivity index (χ3v) is 2.19. The molecule has 0 N–H and O–H groups in total. The van der Waals surface area contributed by atoms with Gasteiger partial charge in [0.15, 0.2) is 0 Å². The summed E-state index contributed by atoms with van der Waals surface area (Å²) < 4.78 is 1.46. The molecule has 0 aliphatic rings. The first-order valence-electron chi connectivity index (χ1n) is 6.03. The van der Waals surface area contributed by atoms with Crippen LogP contribution in [0.25, 0.3) is 0 Å². The first-order valence-corrected chi connectivity index (χ1v) is 6.03. The molecule has 20 heavy (non-hydrogen) atoms. The van der Waals surface area contributed by atoms with Crippen LogP contribution in [0.15, 0.2) is 9.98 Å². The van der Waals surface area contributed by atoms with Gasteiger partial charge in [0.2, 0.25) is 5.82 Å². The fourth-order valence-electron chi connectivity index (χ4n) is 1.37. The largest absolute Gasteiger partial charge is 0.369 e. The molecule has 110 valence electrons. The molecule has 0 radical (unpaired) electrons. The van der Waals surface area contributed by atoms with Crippen LogP contribution in [0.2, 0.25) is 0 Å². The van der Waals surface area contributed by atoms with Gasteiger partial charge in [0.1, 0.15) is 0 Å². The van der Waals surface area contributed by atoms with Crippen LogP contribution in [0, 0.1) is 10.1 Å². The van der Waals surface area contributed by atoms with Gasteiger partial charge < -0.3 is 9.80 Å². The van der Waals surface area contributed by atoms with E-state index in [1.165, 1.54) is 17.4 Å². The molecule has 1 heterocycles. The molecule has 0 fully saturated rings. The smallest absolute Gasteiger partial charge is 0.359 e. The molecular formula is C11H19N7O2. The van der Waals surface area contributed by atoms with Crippen LogP contribution in [-0.2, 0) is 6.54 Å². The minimum absolute atomic E-state index is 0.0523. The standard InChI is InChI=1S/C11H19N7O2/c1-6-17-11(13-8-16(4)5)9(18(19)20)10(14-17)12-7-15(2)3/h7-8H,6H2,1-5H3. The predicted octanol–water partition coefficient (Wildman–Crippen LogP) is 1.25. The first-order chi connectivity index (χ1) is 9.36. The van der Waals surface area contributed by atoms with Gasteiger partial charge >= 0.3 is 5.69 Å². The van der Waals surface area contributed by atoms with Crippen molar-refractivity contribution in [2.75, 3.05) is 28.2 Å². The van der Waals surface area contributed by atoms with E-state index in [2.05, 4.69) is 15.1 Å². The van der Waals surface area contributed by atoms with E-state index in [0.717, 1.165) is 0 Å². The monoisotopic (exact) mass is 281 g/mol. The molecule has 0 aromatic carbocycles. The van der Waals surface area contributed by atoms with Crippen molar-refractivity contribution in [2.45, 2.75) is 13.5 Å². The van der Waals surface area contributed by atoms with Crippen molar-refractivity contribution in [1.29, 1.82) is 0 Å². The predicted molar refractivity (Wildman–Crippen MR) is 78.2 cm³/mol. The van der Waals surface area contributed by atoms with E-state index in [4.69, 9.17) is 0 Å². The van der Waals surface area contributed by atoms with E-state index in [1.54, 1.807) is 38.0 Å². The van der Waals surface area contributed by atoms with Gasteiger partial charge in [-0.05, 0) is 6.92 Å². The molecule has 0 saturated heterocycles. The zero-order valence-corrected chi connectivity index (χ0v) is 12.3. The van der Waals surface area contributed by atoms with Crippen molar-refractivity contribution < 1.29 is 4.92 Å². The van der Waals surface area contributed by atoms with Gasteiger partial charge in [0, 0.05) is 34.7 Å². The lowest BCUT2D eigenvalue weighted by molar-refractivity contribution is -0.383. The lowest BCUT2D eigenvalue weighted by Gasteiger charge is -2.02. The summed E-state index contributed by atoms with van der Waals surface area (Å²) in [7, 11) is 7.12. The molecule has 0 spiro atoms. The Morgan fingerprint density at radius 2 is 1.80 bits per heavy atom. The first kappa shape index (κ1) is 15.6. The van der Waals surface area contributed by atoms with Crippen LogP contribution in [0.1, 0.15) is 6.92 Å². The Balaban J connectivity index is 3.36. The van der Waals surface area contributed by atoms with Crippen LogP contribution in [0.4, 0.5) is 17.3 Å². The number of aryl methyl sites for hydroxylation is 1. The zero-order chi connectivity index (χ0) is 15.3. The van der Waals surface area contributed by atoms with Crippen molar-refractivity contribution in [3.63, 3.8) is 0 Å². The number of nitrogens with zero attached hydrogens (tertiary/aromatic N) is 7. The van der Waals surface area contributed by atoms with Gasteiger partial charge in [-0.2, -0.15) is 0 Å². The third-order valence-electron chi connectivity index (χ3n) is 2.19. The molecule has 9 nitrogen and oxygen atoms in total. The highest BCUT2D eigenvalue weighted by molar-refractivity contribution is 5.74. The fourth-order valence-corrected chi connectivity index (χ4v) is 1.37. The number of rotatable bonds is 6. The summed E-state index contributed by atoms with van der Waals surface area (Å²) in [5, 5.41) is 15.4. The Morgan fingerprint density at radius 3 is 2.25 bits per heavy atom. The maximum absolute atomic E-state index is 11.2. The summed E-state index contributed by atoms with van der Waals surface area (Å²) in [6.45, 7) is 2.31. The van der Waals surface area contributed by atoms with E-state index in [1.807, 2.05) is 6.92 Å². The highest BCUT2D eigenvalue weighted by Crippen LogP contribution is 2.36. The molecule has 0 saturated carbocycles. The lowest BCUT2D eigenvalue weighted by atomic mass is 10.4. The second-order valence-corrected chi connectivity index (χ2v) is 4.49. The molecule has 9 heteroatoms. The van der Waals surface area contributed by atoms with E-state index >= 15 is 0 Å². The van der Waals surface area contributed by atoms with E-state index in [0.29, 0.717) is 6.54 Å². The molecule has 1 rings (SSSR count). The summed E-state index contributed by atoms with van der Waals surface area (Å²) in [5.41, 5.74) is -0.192. The number of hydrogen-bond acceptors (Lipinski definition) is 5. The molecular weight excluding hydrogens is 262 g/mol. The van der Waals surface area contributed by atoms with Crippen molar-refractivity contribution in [3.05, 3.63) is 10.1 Å². The van der Waals surface area contributed by atoms with Crippen molar-refractivity contribution in [1.82, 2.24) is 19.6 Å². The van der Waals surface area contributed by atoms with Crippen LogP contribution in [0.5, 0.6) is 0 Å². The van der Waals surface area contributed by atoms with Gasteiger partial charge in [-0.1, -0.05) is 0 Å². The molecule has 0 atom stereocenters. The number of nitro groups is 1. The van der Waals surface area contributed by atoms with Gasteiger partial charge in [0.25, 0.3) is 5.82 Å². The lowest BCUT2D eigenvalue weighted by Crippen LogP contribution is -2.08. The molecule has 0 aliphatic heterocycles. The quantitative estimate of drug-likeness (QED) is 0.339. The maximum Gasteiger partial charge on any atom is 0.359 e. The van der Waals surface area contributed by atoms with Crippen molar-refractivity contribution >= 4 is 30.0 Å². The fraction of sp³-hybridized carbons (Fsp3) is 0.545. The maximum atomic E-state index is 11.2. The minimum Gasteiger partial charge on any atom is -0.369 e. The average molecular weight is 281 g/mol. The molecule has 0 aliphatic carbocycles. The minimum atomic E-state index is -0.510. The van der Waals surface area contributed by atoms with Crippen LogP contribution in [0.3, 0.4) is 0 Å². The molecule has 1 aromatic heterocycles. The Bertz CT molecular complexity index is 531. The average Bonchev–Trinajstić information content (AvgIpc) is 2.71. The van der Waals surface area contributed by atoms with Crippen molar-refractivity contribution in [3.8, 4) is 0 Å². The SMILES string of the molecule is CCn1nc(N=CN(C)C)c([N+](=O)[O-])c1N=CN(C)C. The Morgan fingerprint density at radius 1 is 1.25 bits per heavy atom. The summed E-state index contributed by atoms with van der Waals surface area (Å²) >= 11 is 0. The van der Waals surface area contributed by atoms with Crippen LogP contribution in [-0.4, -0.2) is 65.4 Å². The van der Waals surface area contributed by atoms with Gasteiger partial charge in [-0.15, -0.1) is 5.10 Å². The number of hydrogen-bond donors (Lipinski definition) is 0. The molecule has 0 unspecified atom stereocenters. The van der Waals surface area contributed by atoms with Crippen molar-refractivity contribution in [2.24, 2.45) is 9.98 Å².